The molecule has 0 aliphatic heterocycles. The van der Waals surface area contributed by atoms with Crippen molar-refractivity contribution in [2.45, 2.75) is 13.5 Å². The van der Waals surface area contributed by atoms with E-state index >= 15 is 0 Å². The van der Waals surface area contributed by atoms with Crippen LogP contribution in [0.3, 0.4) is 0 Å². The van der Waals surface area contributed by atoms with Gasteiger partial charge in [0.2, 0.25) is 11.5 Å². The summed E-state index contributed by atoms with van der Waals surface area (Å²) < 4.78 is 11.8. The van der Waals surface area contributed by atoms with Crippen LogP contribution < -0.4 is 15.6 Å². The number of fused-ring (bicyclic) bond motifs is 3. The van der Waals surface area contributed by atoms with Gasteiger partial charge in [0.05, 0.1) is 18.4 Å². The summed E-state index contributed by atoms with van der Waals surface area (Å²) in [5, 5.41) is 14.5. The molecule has 10 nitrogen and oxygen atoms in total. The molecule has 2 heterocycles. The summed E-state index contributed by atoms with van der Waals surface area (Å²) in [6, 6.07) is 9.82. The van der Waals surface area contributed by atoms with Gasteiger partial charge in [-0.1, -0.05) is 12.1 Å². The summed E-state index contributed by atoms with van der Waals surface area (Å²) in [7, 11) is 1.30. The standard InChI is InChI=1S/C20H16N4O6/c1-11-7-14(24(27)28)16(29-2)8-13(11)22-17(25)9-23-10-21-18-12-5-3-4-6-15(12)30-19(18)20(23)26/h3-8,10H,9H2,1-2H3,(H,22,25). The molecule has 0 bridgehead atoms. The van der Waals surface area contributed by atoms with E-state index in [2.05, 4.69) is 10.3 Å². The summed E-state index contributed by atoms with van der Waals surface area (Å²) in [5.74, 6) is -0.489. The largest absolute Gasteiger partial charge is 0.490 e. The van der Waals surface area contributed by atoms with Crippen molar-refractivity contribution in [3.05, 3.63) is 68.8 Å². The zero-order chi connectivity index (χ0) is 21.4. The Morgan fingerprint density at radius 3 is 2.83 bits per heavy atom. The highest BCUT2D eigenvalue weighted by atomic mass is 16.6. The number of rotatable bonds is 5. The first-order valence-corrected chi connectivity index (χ1v) is 8.88. The topological polar surface area (TPSA) is 130 Å². The first-order chi connectivity index (χ1) is 14.4. The molecule has 2 aromatic heterocycles. The Morgan fingerprint density at radius 2 is 2.10 bits per heavy atom. The van der Waals surface area contributed by atoms with Crippen LogP contribution in [0.2, 0.25) is 0 Å². The van der Waals surface area contributed by atoms with Crippen LogP contribution in [0.15, 0.2) is 51.9 Å². The molecule has 152 valence electrons. The second-order valence-corrected chi connectivity index (χ2v) is 6.60. The van der Waals surface area contributed by atoms with Gasteiger partial charge >= 0.3 is 5.69 Å². The number of amides is 1. The smallest absolute Gasteiger partial charge is 0.311 e. The number of hydrogen-bond acceptors (Lipinski definition) is 7. The summed E-state index contributed by atoms with van der Waals surface area (Å²) in [6.07, 6.45) is 1.29. The van der Waals surface area contributed by atoms with E-state index in [1.54, 1.807) is 25.1 Å². The van der Waals surface area contributed by atoms with Gasteiger partial charge in [-0.2, -0.15) is 0 Å². The monoisotopic (exact) mass is 408 g/mol. The van der Waals surface area contributed by atoms with E-state index in [0.717, 1.165) is 9.95 Å². The van der Waals surface area contributed by atoms with E-state index in [4.69, 9.17) is 9.15 Å². The highest BCUT2D eigenvalue weighted by Gasteiger charge is 2.19. The first kappa shape index (κ1) is 19.1. The Bertz CT molecular complexity index is 1370. The molecule has 0 spiro atoms. The molecule has 10 heteroatoms. The van der Waals surface area contributed by atoms with E-state index in [9.17, 15) is 19.7 Å². The molecule has 0 radical (unpaired) electrons. The number of benzene rings is 2. The fourth-order valence-electron chi connectivity index (χ4n) is 3.19. The fourth-order valence-corrected chi connectivity index (χ4v) is 3.19. The molecule has 0 atom stereocenters. The molecule has 0 saturated carbocycles. The molecule has 0 unspecified atom stereocenters. The third-order valence-corrected chi connectivity index (χ3v) is 4.66. The Labute approximate surface area is 168 Å². The average Bonchev–Trinajstić information content (AvgIpc) is 3.10. The zero-order valence-electron chi connectivity index (χ0n) is 16.0. The van der Waals surface area contributed by atoms with Crippen LogP contribution in [-0.4, -0.2) is 27.5 Å². The summed E-state index contributed by atoms with van der Waals surface area (Å²) >= 11 is 0. The Morgan fingerprint density at radius 1 is 1.33 bits per heavy atom. The minimum atomic E-state index is -0.564. The molecule has 4 aromatic rings. The van der Waals surface area contributed by atoms with Gasteiger partial charge in [-0.15, -0.1) is 0 Å². The molecule has 30 heavy (non-hydrogen) atoms. The maximum atomic E-state index is 12.7. The van der Waals surface area contributed by atoms with Gasteiger partial charge in [-0.3, -0.25) is 24.3 Å². The molecular weight excluding hydrogens is 392 g/mol. The van der Waals surface area contributed by atoms with Crippen LogP contribution in [0, 0.1) is 17.0 Å². The zero-order valence-corrected chi connectivity index (χ0v) is 16.0. The van der Waals surface area contributed by atoms with Crippen LogP contribution >= 0.6 is 0 Å². The van der Waals surface area contributed by atoms with Crippen molar-refractivity contribution in [2.24, 2.45) is 0 Å². The highest BCUT2D eigenvalue weighted by molar-refractivity contribution is 6.01. The van der Waals surface area contributed by atoms with Crippen LogP contribution in [-0.2, 0) is 11.3 Å². The SMILES string of the molecule is COc1cc(NC(=O)Cn2cnc3c(oc4ccccc43)c2=O)c(C)cc1[N+](=O)[O-]. The maximum absolute atomic E-state index is 12.7. The minimum absolute atomic E-state index is 0.0171. The van der Waals surface area contributed by atoms with Crippen LogP contribution in [0.5, 0.6) is 5.75 Å². The number of ether oxygens (including phenoxy) is 1. The second kappa shape index (κ2) is 7.32. The first-order valence-electron chi connectivity index (χ1n) is 8.88. The lowest BCUT2D eigenvalue weighted by Gasteiger charge is -2.11. The number of methoxy groups -OCH3 is 1. The second-order valence-electron chi connectivity index (χ2n) is 6.60. The third-order valence-electron chi connectivity index (χ3n) is 4.66. The van der Waals surface area contributed by atoms with Gasteiger partial charge < -0.3 is 14.5 Å². The van der Waals surface area contributed by atoms with Crippen molar-refractivity contribution in [3.63, 3.8) is 0 Å². The Balaban J connectivity index is 1.62. The Hall–Kier alpha value is -4.21. The van der Waals surface area contributed by atoms with E-state index in [-0.39, 0.29) is 23.6 Å². The maximum Gasteiger partial charge on any atom is 0.311 e. The third kappa shape index (κ3) is 3.24. The van der Waals surface area contributed by atoms with Crippen LogP contribution in [0.4, 0.5) is 11.4 Å². The Kier molecular flexibility index (Phi) is 4.66. The van der Waals surface area contributed by atoms with E-state index in [1.807, 2.05) is 6.07 Å². The van der Waals surface area contributed by atoms with Crippen LogP contribution in [0.25, 0.3) is 22.1 Å². The van der Waals surface area contributed by atoms with Crippen molar-refractivity contribution in [1.82, 2.24) is 9.55 Å². The van der Waals surface area contributed by atoms with Crippen molar-refractivity contribution in [2.75, 3.05) is 12.4 Å². The van der Waals surface area contributed by atoms with Gasteiger partial charge in [-0.05, 0) is 24.6 Å². The molecule has 4 rings (SSSR count). The predicted molar refractivity (Wildman–Crippen MR) is 109 cm³/mol. The highest BCUT2D eigenvalue weighted by Crippen LogP contribution is 2.32. The number of aromatic nitrogens is 2. The number of carbonyl (C=O) groups is 1. The molecule has 1 amide bonds. The lowest BCUT2D eigenvalue weighted by Crippen LogP contribution is -2.27. The van der Waals surface area contributed by atoms with Crippen molar-refractivity contribution in [1.29, 1.82) is 0 Å². The summed E-state index contributed by atoms with van der Waals surface area (Å²) in [4.78, 5) is 40.0. The quantitative estimate of drug-likeness (QED) is 0.397. The number of carbonyl (C=O) groups excluding carboxylic acids is 1. The lowest BCUT2D eigenvalue weighted by molar-refractivity contribution is -0.385. The lowest BCUT2D eigenvalue weighted by atomic mass is 10.1. The van der Waals surface area contributed by atoms with E-state index in [1.165, 1.54) is 25.6 Å². The number of aryl methyl sites for hydroxylation is 1. The number of nitro groups is 1. The number of nitro benzene ring substituents is 1. The average molecular weight is 408 g/mol. The molecule has 2 aromatic carbocycles. The molecule has 0 aliphatic rings. The van der Waals surface area contributed by atoms with Crippen LogP contribution in [0.1, 0.15) is 5.56 Å². The number of furan rings is 1. The number of hydrogen-bond donors (Lipinski definition) is 1. The van der Waals surface area contributed by atoms with Crippen molar-refractivity contribution >= 4 is 39.4 Å². The van der Waals surface area contributed by atoms with Gasteiger partial charge in [-0.25, -0.2) is 4.98 Å². The summed E-state index contributed by atoms with van der Waals surface area (Å²) in [5.41, 5.74) is 1.17. The van der Waals surface area contributed by atoms with Crippen molar-refractivity contribution in [3.8, 4) is 5.75 Å². The molecule has 0 fully saturated rings. The van der Waals surface area contributed by atoms with Gasteiger partial charge in [0.15, 0.2) is 5.75 Å². The van der Waals surface area contributed by atoms with E-state index in [0.29, 0.717) is 22.4 Å². The number of para-hydroxylation sites is 1. The van der Waals surface area contributed by atoms with Gasteiger partial charge in [0.1, 0.15) is 17.6 Å². The molecule has 0 aliphatic carbocycles. The number of nitrogens with one attached hydrogen (secondary N) is 1. The molecule has 0 saturated heterocycles. The number of nitrogens with zero attached hydrogens (tertiary/aromatic N) is 3. The fraction of sp³-hybridized carbons (Fsp3) is 0.150. The van der Waals surface area contributed by atoms with Crippen molar-refractivity contribution < 1.29 is 18.9 Å². The summed E-state index contributed by atoms with van der Waals surface area (Å²) in [6.45, 7) is 1.31. The normalized spacial score (nSPS) is 11.0. The van der Waals surface area contributed by atoms with E-state index < -0.39 is 16.4 Å². The molecular formula is C20H16N4O6. The van der Waals surface area contributed by atoms with Gasteiger partial charge in [0, 0.05) is 23.2 Å². The van der Waals surface area contributed by atoms with Gasteiger partial charge in [0.25, 0.3) is 5.56 Å². The minimum Gasteiger partial charge on any atom is -0.490 e. The predicted octanol–water partition coefficient (Wildman–Crippen LogP) is 3.01. The number of anilines is 1. The molecule has 1 N–H and O–H groups in total.